The van der Waals surface area contributed by atoms with Crippen molar-refractivity contribution in [3.63, 3.8) is 0 Å². The molecule has 0 spiro atoms. The molecule has 0 aliphatic carbocycles. The summed E-state index contributed by atoms with van der Waals surface area (Å²) in [4.78, 5) is 0. The van der Waals surface area contributed by atoms with Gasteiger partial charge in [0.1, 0.15) is 17.2 Å². The number of ether oxygens (including phenoxy) is 1. The van der Waals surface area contributed by atoms with Gasteiger partial charge in [-0.3, -0.25) is 0 Å². The maximum absolute atomic E-state index is 13.1. The van der Waals surface area contributed by atoms with E-state index in [2.05, 4.69) is 13.8 Å². The molecule has 1 N–H and O–H groups in total. The van der Waals surface area contributed by atoms with Gasteiger partial charge in [0.25, 0.3) is 0 Å². The zero-order valence-electron chi connectivity index (χ0n) is 10.4. The van der Waals surface area contributed by atoms with Crippen molar-refractivity contribution in [2.24, 2.45) is 0 Å². The first-order valence-electron chi connectivity index (χ1n) is 6.27. The highest BCUT2D eigenvalue weighted by molar-refractivity contribution is 5.38. The van der Waals surface area contributed by atoms with Crippen molar-refractivity contribution in [2.45, 2.75) is 51.2 Å². The van der Waals surface area contributed by atoms with Crippen LogP contribution >= 0.6 is 0 Å². The fourth-order valence-electron chi connectivity index (χ4n) is 2.61. The molecule has 0 amide bonds. The number of hydrogen-bond donors (Lipinski definition) is 1. The van der Waals surface area contributed by atoms with Crippen LogP contribution in [0.25, 0.3) is 0 Å². The molecule has 94 valence electrons. The summed E-state index contributed by atoms with van der Waals surface area (Å²) in [6.45, 7) is 4.17. The highest BCUT2D eigenvalue weighted by Crippen LogP contribution is 2.43. The Hall–Kier alpha value is -1.09. The van der Waals surface area contributed by atoms with Gasteiger partial charge in [0.2, 0.25) is 0 Å². The summed E-state index contributed by atoms with van der Waals surface area (Å²) in [7, 11) is 0. The zero-order chi connectivity index (χ0) is 12.5. The summed E-state index contributed by atoms with van der Waals surface area (Å²) < 4.78 is 19.1. The van der Waals surface area contributed by atoms with Crippen LogP contribution in [0.5, 0.6) is 5.75 Å². The lowest BCUT2D eigenvalue weighted by Gasteiger charge is -2.40. The third kappa shape index (κ3) is 2.29. The topological polar surface area (TPSA) is 29.5 Å². The third-order valence-electron chi connectivity index (χ3n) is 3.57. The number of fused-ring (bicyclic) bond motifs is 1. The molecule has 2 atom stereocenters. The largest absolute Gasteiger partial charge is 0.487 e. The fourth-order valence-corrected chi connectivity index (χ4v) is 2.61. The molecule has 1 aliphatic rings. The Morgan fingerprint density at radius 3 is 2.88 bits per heavy atom. The van der Waals surface area contributed by atoms with Crippen LogP contribution in [-0.4, -0.2) is 10.7 Å². The van der Waals surface area contributed by atoms with Crippen LogP contribution in [0, 0.1) is 5.82 Å². The Labute approximate surface area is 101 Å². The van der Waals surface area contributed by atoms with Gasteiger partial charge in [0.05, 0.1) is 6.10 Å². The number of halogens is 1. The summed E-state index contributed by atoms with van der Waals surface area (Å²) in [5.41, 5.74) is 0.282. The van der Waals surface area contributed by atoms with E-state index in [1.54, 1.807) is 6.07 Å². The summed E-state index contributed by atoms with van der Waals surface area (Å²) in [5, 5.41) is 10.1. The predicted molar refractivity (Wildman–Crippen MR) is 64.5 cm³/mol. The lowest BCUT2D eigenvalue weighted by molar-refractivity contribution is -0.0234. The van der Waals surface area contributed by atoms with E-state index in [1.807, 2.05) is 0 Å². The van der Waals surface area contributed by atoms with E-state index in [0.29, 0.717) is 17.7 Å². The second-order valence-corrected chi connectivity index (χ2v) is 4.79. The quantitative estimate of drug-likeness (QED) is 0.872. The third-order valence-corrected chi connectivity index (χ3v) is 3.57. The van der Waals surface area contributed by atoms with Crippen LogP contribution < -0.4 is 4.74 Å². The Morgan fingerprint density at radius 2 is 2.24 bits per heavy atom. The normalized spacial score (nSPS) is 27.4. The monoisotopic (exact) mass is 238 g/mol. The number of benzene rings is 1. The Morgan fingerprint density at radius 1 is 1.47 bits per heavy atom. The van der Waals surface area contributed by atoms with Crippen LogP contribution in [0.1, 0.15) is 51.2 Å². The summed E-state index contributed by atoms with van der Waals surface area (Å²) in [6.07, 6.45) is 2.71. The van der Waals surface area contributed by atoms with Gasteiger partial charge in [-0.1, -0.05) is 20.3 Å². The molecule has 0 aromatic heterocycles. The second kappa shape index (κ2) is 4.65. The Balaban J connectivity index is 2.35. The highest BCUT2D eigenvalue weighted by atomic mass is 19.1. The molecule has 1 unspecified atom stereocenters. The fraction of sp³-hybridized carbons (Fsp3) is 0.571. The first kappa shape index (κ1) is 12.4. The summed E-state index contributed by atoms with van der Waals surface area (Å²) >= 11 is 0. The summed E-state index contributed by atoms with van der Waals surface area (Å²) in [6, 6.07) is 4.36. The maximum Gasteiger partial charge on any atom is 0.126 e. The second-order valence-electron chi connectivity index (χ2n) is 4.79. The number of rotatable bonds is 3. The van der Waals surface area contributed by atoms with E-state index in [4.69, 9.17) is 4.74 Å². The van der Waals surface area contributed by atoms with Gasteiger partial charge in [-0.15, -0.1) is 0 Å². The minimum atomic E-state index is -0.624. The van der Waals surface area contributed by atoms with Crippen LogP contribution in [0.3, 0.4) is 0 Å². The van der Waals surface area contributed by atoms with Gasteiger partial charge in [0.15, 0.2) is 0 Å². The van der Waals surface area contributed by atoms with Crippen LogP contribution in [0.2, 0.25) is 0 Å². The van der Waals surface area contributed by atoms with E-state index in [9.17, 15) is 9.50 Å². The first-order valence-corrected chi connectivity index (χ1v) is 6.27. The van der Waals surface area contributed by atoms with E-state index < -0.39 is 6.10 Å². The Kier molecular flexibility index (Phi) is 3.38. The average Bonchev–Trinajstić information content (AvgIpc) is 2.31. The molecule has 2 rings (SSSR count). The van der Waals surface area contributed by atoms with Gasteiger partial charge in [-0.25, -0.2) is 4.39 Å². The molecule has 2 nitrogen and oxygen atoms in total. The molecule has 0 saturated heterocycles. The number of aliphatic hydroxyl groups is 1. The van der Waals surface area contributed by atoms with Crippen LogP contribution in [0.15, 0.2) is 18.2 Å². The van der Waals surface area contributed by atoms with Crippen molar-refractivity contribution in [2.75, 3.05) is 0 Å². The zero-order valence-corrected chi connectivity index (χ0v) is 10.4. The van der Waals surface area contributed by atoms with Gasteiger partial charge in [-0.05, 0) is 31.0 Å². The predicted octanol–water partition coefficient (Wildman–Crippen LogP) is 3.59. The molecule has 0 bridgehead atoms. The molecule has 17 heavy (non-hydrogen) atoms. The lowest BCUT2D eigenvalue weighted by atomic mass is 9.83. The molecule has 1 aromatic carbocycles. The maximum atomic E-state index is 13.1. The van der Waals surface area contributed by atoms with Gasteiger partial charge >= 0.3 is 0 Å². The molecule has 1 heterocycles. The molecule has 1 aromatic rings. The minimum absolute atomic E-state index is 0.293. The molecule has 0 saturated carbocycles. The number of hydrogen-bond acceptors (Lipinski definition) is 2. The van der Waals surface area contributed by atoms with Gasteiger partial charge in [0, 0.05) is 12.0 Å². The molecular weight excluding hydrogens is 219 g/mol. The van der Waals surface area contributed by atoms with Gasteiger partial charge in [-0.2, -0.15) is 0 Å². The average molecular weight is 238 g/mol. The first-order chi connectivity index (χ1) is 8.10. The SMILES string of the molecule is CCCC1(CC)C[C@@H](O)c2cc(F)ccc2O1. The van der Waals surface area contributed by atoms with Crippen molar-refractivity contribution in [1.29, 1.82) is 0 Å². The smallest absolute Gasteiger partial charge is 0.126 e. The van der Waals surface area contributed by atoms with Crippen molar-refractivity contribution < 1.29 is 14.2 Å². The van der Waals surface area contributed by atoms with Crippen molar-refractivity contribution in [1.82, 2.24) is 0 Å². The molecular formula is C14H19FO2. The van der Waals surface area contributed by atoms with Crippen molar-refractivity contribution in [3.8, 4) is 5.75 Å². The molecule has 0 radical (unpaired) electrons. The standard InChI is InChI=1S/C14H19FO2/c1-3-7-14(4-2)9-12(16)11-8-10(15)5-6-13(11)17-14/h5-6,8,12,16H,3-4,7,9H2,1-2H3/t12-,14?/m1/s1. The number of aliphatic hydroxyl groups excluding tert-OH is 1. The van der Waals surface area contributed by atoms with E-state index in [-0.39, 0.29) is 11.4 Å². The van der Waals surface area contributed by atoms with Gasteiger partial charge < -0.3 is 9.84 Å². The highest BCUT2D eigenvalue weighted by Gasteiger charge is 2.38. The molecule has 3 heteroatoms. The Bertz CT molecular complexity index is 405. The van der Waals surface area contributed by atoms with E-state index in [0.717, 1.165) is 19.3 Å². The van der Waals surface area contributed by atoms with Crippen LogP contribution in [0.4, 0.5) is 4.39 Å². The van der Waals surface area contributed by atoms with E-state index >= 15 is 0 Å². The van der Waals surface area contributed by atoms with Crippen molar-refractivity contribution >= 4 is 0 Å². The van der Waals surface area contributed by atoms with Crippen molar-refractivity contribution in [3.05, 3.63) is 29.6 Å². The van der Waals surface area contributed by atoms with Crippen LogP contribution in [-0.2, 0) is 0 Å². The molecule has 0 fully saturated rings. The lowest BCUT2D eigenvalue weighted by Crippen LogP contribution is -2.40. The summed E-state index contributed by atoms with van der Waals surface area (Å²) in [5.74, 6) is 0.298. The minimum Gasteiger partial charge on any atom is -0.487 e. The van der Waals surface area contributed by atoms with E-state index in [1.165, 1.54) is 12.1 Å². The molecule has 1 aliphatic heterocycles.